The number of likely N-dealkylation sites (tertiary alicyclic amines) is 2. The van der Waals surface area contributed by atoms with Crippen LogP contribution in [0.15, 0.2) is 36.9 Å². The number of hydrogen-bond acceptors (Lipinski definition) is 4. The van der Waals surface area contributed by atoms with Crippen molar-refractivity contribution in [1.29, 1.82) is 0 Å². The molecular formula is C23H31N5O. The summed E-state index contributed by atoms with van der Waals surface area (Å²) in [6.45, 7) is 8.65. The Labute approximate surface area is 172 Å². The smallest absolute Gasteiger partial charge is 0.230 e. The highest BCUT2D eigenvalue weighted by Gasteiger charge is 2.58. The molecule has 0 bridgehead atoms. The first-order chi connectivity index (χ1) is 14.0. The van der Waals surface area contributed by atoms with Crippen molar-refractivity contribution < 1.29 is 4.79 Å². The van der Waals surface area contributed by atoms with Crippen molar-refractivity contribution >= 4 is 5.91 Å². The molecule has 2 aromatic rings. The molecule has 3 aliphatic rings. The topological polar surface area (TPSA) is 54.3 Å². The summed E-state index contributed by atoms with van der Waals surface area (Å²) in [5, 5.41) is 0. The minimum atomic E-state index is -0.333. The summed E-state index contributed by atoms with van der Waals surface area (Å²) in [5.74, 6) is 1.25. The standard InChI is InChI=1S/C23H31N5O/c1-17(2)28-14-21(25-16-28)20-13-26(12-19-5-3-4-9-24-19)15-23(20)8-10-27(22(23)29)11-18-6-7-18/h3-5,9,14,16-18,20H,6-8,10-13,15H2,1-2H3/t20-,23+/m0/s1. The van der Waals surface area contributed by atoms with Crippen LogP contribution in [0.2, 0.25) is 0 Å². The van der Waals surface area contributed by atoms with E-state index in [-0.39, 0.29) is 11.3 Å². The van der Waals surface area contributed by atoms with Gasteiger partial charge in [-0.2, -0.15) is 0 Å². The van der Waals surface area contributed by atoms with Gasteiger partial charge in [0.05, 0.1) is 23.1 Å². The first-order valence-corrected chi connectivity index (χ1v) is 11.0. The monoisotopic (exact) mass is 393 g/mol. The predicted octanol–water partition coefficient (Wildman–Crippen LogP) is 3.09. The number of imidazole rings is 1. The molecule has 1 amide bonds. The lowest BCUT2D eigenvalue weighted by Gasteiger charge is -2.28. The normalized spacial score (nSPS) is 27.6. The molecule has 154 valence electrons. The summed E-state index contributed by atoms with van der Waals surface area (Å²) >= 11 is 0. The highest BCUT2D eigenvalue weighted by atomic mass is 16.2. The second-order valence-corrected chi connectivity index (χ2v) is 9.48. The van der Waals surface area contributed by atoms with Crippen LogP contribution >= 0.6 is 0 Å². The number of aromatic nitrogens is 3. The molecule has 5 rings (SSSR count). The van der Waals surface area contributed by atoms with E-state index in [0.717, 1.165) is 56.5 Å². The summed E-state index contributed by atoms with van der Waals surface area (Å²) in [4.78, 5) is 27.5. The first-order valence-electron chi connectivity index (χ1n) is 11.0. The van der Waals surface area contributed by atoms with Gasteiger partial charge in [-0.3, -0.25) is 14.7 Å². The van der Waals surface area contributed by atoms with Gasteiger partial charge in [0.25, 0.3) is 0 Å². The molecule has 0 unspecified atom stereocenters. The van der Waals surface area contributed by atoms with Crippen LogP contribution in [-0.4, -0.2) is 56.4 Å². The van der Waals surface area contributed by atoms with Crippen LogP contribution < -0.4 is 0 Å². The summed E-state index contributed by atoms with van der Waals surface area (Å²) in [7, 11) is 0. The van der Waals surface area contributed by atoms with Crippen LogP contribution in [0.5, 0.6) is 0 Å². The fraction of sp³-hybridized carbons (Fsp3) is 0.609. The lowest BCUT2D eigenvalue weighted by molar-refractivity contribution is -0.136. The van der Waals surface area contributed by atoms with Gasteiger partial charge in [0, 0.05) is 57.1 Å². The van der Waals surface area contributed by atoms with E-state index in [4.69, 9.17) is 4.98 Å². The quantitative estimate of drug-likeness (QED) is 0.757. The molecule has 0 radical (unpaired) electrons. The Morgan fingerprint density at radius 1 is 1.24 bits per heavy atom. The Kier molecular flexibility index (Phi) is 4.69. The zero-order valence-corrected chi connectivity index (χ0v) is 17.5. The maximum absolute atomic E-state index is 13.7. The van der Waals surface area contributed by atoms with Crippen molar-refractivity contribution in [2.45, 2.75) is 51.6 Å². The molecule has 2 aromatic heterocycles. The molecule has 2 atom stereocenters. The molecule has 2 aliphatic heterocycles. The van der Waals surface area contributed by atoms with Crippen molar-refractivity contribution in [3.63, 3.8) is 0 Å². The van der Waals surface area contributed by atoms with Crippen LogP contribution in [0.25, 0.3) is 0 Å². The molecule has 0 N–H and O–H groups in total. The van der Waals surface area contributed by atoms with E-state index < -0.39 is 0 Å². The Balaban J connectivity index is 1.43. The van der Waals surface area contributed by atoms with Crippen LogP contribution in [0.1, 0.15) is 56.5 Å². The maximum atomic E-state index is 13.7. The SMILES string of the molecule is CC(C)n1cnc([C@@H]2CN(Cc3ccccn3)C[C@]23CCN(CC2CC2)C3=O)c1. The van der Waals surface area contributed by atoms with Gasteiger partial charge in [0.15, 0.2) is 0 Å². The zero-order chi connectivity index (χ0) is 20.0. The third-order valence-electron chi connectivity index (χ3n) is 7.02. The highest BCUT2D eigenvalue weighted by molar-refractivity contribution is 5.86. The third-order valence-corrected chi connectivity index (χ3v) is 7.02. The summed E-state index contributed by atoms with van der Waals surface area (Å²) < 4.78 is 2.16. The van der Waals surface area contributed by atoms with Crippen molar-refractivity contribution in [3.05, 3.63) is 48.3 Å². The van der Waals surface area contributed by atoms with Crippen LogP contribution in [0, 0.1) is 11.3 Å². The molecule has 3 fully saturated rings. The van der Waals surface area contributed by atoms with Crippen LogP contribution in [0.3, 0.4) is 0 Å². The van der Waals surface area contributed by atoms with Crippen molar-refractivity contribution in [1.82, 2.24) is 24.3 Å². The minimum absolute atomic E-state index is 0.155. The summed E-state index contributed by atoms with van der Waals surface area (Å²) in [6, 6.07) is 6.44. The molecule has 2 saturated heterocycles. The molecular weight excluding hydrogens is 362 g/mol. The second kappa shape index (κ2) is 7.24. The number of rotatable bonds is 6. The number of carbonyl (C=O) groups excluding carboxylic acids is 1. The van der Waals surface area contributed by atoms with E-state index in [2.05, 4.69) is 45.5 Å². The summed E-state index contributed by atoms with van der Waals surface area (Å²) in [6.07, 6.45) is 9.45. The molecule has 1 aliphatic carbocycles. The number of amides is 1. The van der Waals surface area contributed by atoms with E-state index >= 15 is 0 Å². The largest absolute Gasteiger partial charge is 0.342 e. The average Bonchev–Trinajstić information content (AvgIpc) is 3.13. The summed E-state index contributed by atoms with van der Waals surface area (Å²) in [5.41, 5.74) is 1.81. The van der Waals surface area contributed by atoms with Crippen LogP contribution in [0.4, 0.5) is 0 Å². The Morgan fingerprint density at radius 3 is 2.79 bits per heavy atom. The van der Waals surface area contributed by atoms with Gasteiger partial charge in [0.1, 0.15) is 0 Å². The molecule has 4 heterocycles. The molecule has 0 aromatic carbocycles. The predicted molar refractivity (Wildman–Crippen MR) is 111 cm³/mol. The van der Waals surface area contributed by atoms with E-state index in [1.165, 1.54) is 12.8 Å². The van der Waals surface area contributed by atoms with Crippen molar-refractivity contribution in [3.8, 4) is 0 Å². The van der Waals surface area contributed by atoms with Crippen molar-refractivity contribution in [2.24, 2.45) is 11.3 Å². The maximum Gasteiger partial charge on any atom is 0.230 e. The van der Waals surface area contributed by atoms with Crippen LogP contribution in [-0.2, 0) is 11.3 Å². The Bertz CT molecular complexity index is 874. The average molecular weight is 394 g/mol. The van der Waals surface area contributed by atoms with E-state index in [1.54, 1.807) is 0 Å². The number of carbonyl (C=O) groups is 1. The number of hydrogen-bond donors (Lipinski definition) is 0. The lowest BCUT2D eigenvalue weighted by atomic mass is 9.75. The highest BCUT2D eigenvalue weighted by Crippen LogP contribution is 2.50. The Morgan fingerprint density at radius 2 is 2.10 bits per heavy atom. The molecule has 6 nitrogen and oxygen atoms in total. The molecule has 6 heteroatoms. The third kappa shape index (κ3) is 3.48. The molecule has 1 spiro atoms. The van der Waals surface area contributed by atoms with Crippen molar-refractivity contribution in [2.75, 3.05) is 26.2 Å². The van der Waals surface area contributed by atoms with Gasteiger partial charge in [-0.15, -0.1) is 0 Å². The van der Waals surface area contributed by atoms with E-state index in [9.17, 15) is 4.79 Å². The fourth-order valence-corrected chi connectivity index (χ4v) is 5.15. The van der Waals surface area contributed by atoms with Gasteiger partial charge < -0.3 is 9.47 Å². The molecule has 1 saturated carbocycles. The zero-order valence-electron chi connectivity index (χ0n) is 17.5. The van der Waals surface area contributed by atoms with Gasteiger partial charge in [-0.05, 0) is 51.2 Å². The molecule has 29 heavy (non-hydrogen) atoms. The number of pyridine rings is 1. The lowest BCUT2D eigenvalue weighted by Crippen LogP contribution is -2.40. The van der Waals surface area contributed by atoms with Gasteiger partial charge in [-0.1, -0.05) is 6.07 Å². The van der Waals surface area contributed by atoms with Gasteiger partial charge in [0.2, 0.25) is 5.91 Å². The van der Waals surface area contributed by atoms with E-state index in [0.29, 0.717) is 11.9 Å². The van der Waals surface area contributed by atoms with Gasteiger partial charge in [-0.25, -0.2) is 4.98 Å². The Hall–Kier alpha value is -2.21. The first kappa shape index (κ1) is 18.8. The fourth-order valence-electron chi connectivity index (χ4n) is 5.15. The van der Waals surface area contributed by atoms with E-state index in [1.807, 2.05) is 24.7 Å². The van der Waals surface area contributed by atoms with Gasteiger partial charge >= 0.3 is 0 Å². The second-order valence-electron chi connectivity index (χ2n) is 9.48. The minimum Gasteiger partial charge on any atom is -0.342 e. The number of nitrogens with zero attached hydrogens (tertiary/aromatic N) is 5.